The lowest BCUT2D eigenvalue weighted by molar-refractivity contribution is -0.116. The van der Waals surface area contributed by atoms with E-state index in [1.54, 1.807) is 24.0 Å². The Balaban J connectivity index is 1.80. The van der Waals surface area contributed by atoms with Crippen LogP contribution in [0.4, 0.5) is 5.69 Å². The number of rotatable bonds is 4. The molecule has 0 atom stereocenters. The molecule has 0 aliphatic rings. The highest BCUT2D eigenvalue weighted by Gasteiger charge is 2.07. The zero-order valence-electron chi connectivity index (χ0n) is 12.7. The maximum Gasteiger partial charge on any atom is 0.258 e. The third kappa shape index (κ3) is 3.46. The quantitative estimate of drug-likeness (QED) is 0.749. The van der Waals surface area contributed by atoms with Gasteiger partial charge in [-0.25, -0.2) is 0 Å². The maximum atomic E-state index is 12.4. The fourth-order valence-electron chi connectivity index (χ4n) is 2.41. The number of hydrogen-bond acceptors (Lipinski definition) is 3. The van der Waals surface area contributed by atoms with Crippen LogP contribution >= 0.6 is 11.8 Å². The molecule has 0 bridgehead atoms. The Morgan fingerprint density at radius 1 is 1.13 bits per heavy atom. The van der Waals surface area contributed by atoms with Gasteiger partial charge in [0.15, 0.2) is 0 Å². The van der Waals surface area contributed by atoms with Crippen LogP contribution in [-0.4, -0.2) is 16.7 Å². The van der Waals surface area contributed by atoms with Gasteiger partial charge in [-0.1, -0.05) is 24.3 Å². The molecule has 23 heavy (non-hydrogen) atoms. The van der Waals surface area contributed by atoms with Crippen molar-refractivity contribution in [1.29, 1.82) is 0 Å². The van der Waals surface area contributed by atoms with E-state index in [4.69, 9.17) is 0 Å². The van der Waals surface area contributed by atoms with Gasteiger partial charge in [0, 0.05) is 22.2 Å². The topological polar surface area (TPSA) is 51.1 Å². The summed E-state index contributed by atoms with van der Waals surface area (Å²) < 4.78 is 1.43. The minimum Gasteiger partial charge on any atom is -0.324 e. The second-order valence-corrected chi connectivity index (χ2v) is 6.00. The number of anilines is 1. The van der Waals surface area contributed by atoms with Gasteiger partial charge < -0.3 is 9.88 Å². The predicted molar refractivity (Wildman–Crippen MR) is 95.1 cm³/mol. The van der Waals surface area contributed by atoms with Gasteiger partial charge in [0.2, 0.25) is 5.91 Å². The van der Waals surface area contributed by atoms with E-state index in [9.17, 15) is 9.59 Å². The Kier molecular flexibility index (Phi) is 4.48. The van der Waals surface area contributed by atoms with Gasteiger partial charge in [-0.2, -0.15) is 0 Å². The average Bonchev–Trinajstić information content (AvgIpc) is 2.58. The summed E-state index contributed by atoms with van der Waals surface area (Å²) in [7, 11) is 0. The molecule has 1 aromatic heterocycles. The number of carbonyl (C=O) groups excluding carboxylic acids is 1. The Morgan fingerprint density at radius 2 is 1.96 bits per heavy atom. The summed E-state index contributed by atoms with van der Waals surface area (Å²) in [6.07, 6.45) is 3.64. The number of amides is 1. The van der Waals surface area contributed by atoms with Gasteiger partial charge in [-0.05, 0) is 42.0 Å². The lowest BCUT2D eigenvalue weighted by Crippen LogP contribution is -2.27. The van der Waals surface area contributed by atoms with E-state index in [1.165, 1.54) is 4.57 Å². The molecular formula is C18H16N2O2S. The number of carbonyl (C=O) groups is 1. The van der Waals surface area contributed by atoms with E-state index < -0.39 is 0 Å². The van der Waals surface area contributed by atoms with Gasteiger partial charge in [-0.15, -0.1) is 11.8 Å². The van der Waals surface area contributed by atoms with Crippen LogP contribution in [0.15, 0.2) is 70.5 Å². The van der Waals surface area contributed by atoms with Crippen LogP contribution in [0.25, 0.3) is 10.8 Å². The van der Waals surface area contributed by atoms with Gasteiger partial charge in [0.25, 0.3) is 5.56 Å². The molecule has 4 nitrogen and oxygen atoms in total. The standard InChI is InChI=1S/C18H16N2O2S/c1-23-15-7-4-6-14(11-15)19-17(21)12-20-10-9-13-5-2-3-8-16(13)18(20)22/h2-11H,12H2,1H3,(H,19,21). The van der Waals surface area contributed by atoms with Crippen LogP contribution in [-0.2, 0) is 11.3 Å². The Labute approximate surface area is 138 Å². The fraction of sp³-hybridized carbons (Fsp3) is 0.111. The lowest BCUT2D eigenvalue weighted by atomic mass is 10.2. The first-order chi connectivity index (χ1) is 11.2. The zero-order chi connectivity index (χ0) is 16.2. The molecule has 0 saturated heterocycles. The molecule has 2 aromatic carbocycles. The molecule has 3 aromatic rings. The van der Waals surface area contributed by atoms with Crippen LogP contribution in [0.1, 0.15) is 0 Å². The van der Waals surface area contributed by atoms with Crippen LogP contribution in [0.5, 0.6) is 0 Å². The first-order valence-electron chi connectivity index (χ1n) is 7.19. The van der Waals surface area contributed by atoms with Crippen LogP contribution in [0.2, 0.25) is 0 Å². The minimum absolute atomic E-state index is 0.00678. The highest BCUT2D eigenvalue weighted by Crippen LogP contribution is 2.18. The maximum absolute atomic E-state index is 12.4. The molecule has 1 heterocycles. The summed E-state index contributed by atoms with van der Waals surface area (Å²) in [6.45, 7) is -0.00678. The second kappa shape index (κ2) is 6.71. The molecule has 0 fully saturated rings. The zero-order valence-corrected chi connectivity index (χ0v) is 13.5. The molecule has 0 aliphatic carbocycles. The van der Waals surface area contributed by atoms with E-state index in [-0.39, 0.29) is 18.0 Å². The smallest absolute Gasteiger partial charge is 0.258 e. The number of pyridine rings is 1. The molecule has 5 heteroatoms. The van der Waals surface area contributed by atoms with Gasteiger partial charge >= 0.3 is 0 Å². The van der Waals surface area contributed by atoms with Crippen molar-refractivity contribution < 1.29 is 4.79 Å². The monoisotopic (exact) mass is 324 g/mol. The molecule has 1 N–H and O–H groups in total. The van der Waals surface area contributed by atoms with E-state index in [0.717, 1.165) is 16.0 Å². The number of nitrogens with one attached hydrogen (secondary N) is 1. The summed E-state index contributed by atoms with van der Waals surface area (Å²) in [5.74, 6) is -0.222. The second-order valence-electron chi connectivity index (χ2n) is 5.12. The highest BCUT2D eigenvalue weighted by molar-refractivity contribution is 7.98. The van der Waals surface area contributed by atoms with E-state index in [1.807, 2.05) is 54.8 Å². The molecule has 3 rings (SSSR count). The van der Waals surface area contributed by atoms with Crippen molar-refractivity contribution in [3.8, 4) is 0 Å². The summed E-state index contributed by atoms with van der Waals surface area (Å²) in [5, 5.41) is 4.32. The summed E-state index contributed by atoms with van der Waals surface area (Å²) >= 11 is 1.61. The van der Waals surface area contributed by atoms with E-state index in [0.29, 0.717) is 5.39 Å². The minimum atomic E-state index is -0.222. The first kappa shape index (κ1) is 15.4. The lowest BCUT2D eigenvalue weighted by Gasteiger charge is -2.09. The van der Waals surface area contributed by atoms with Gasteiger partial charge in [0.1, 0.15) is 6.54 Å². The molecule has 0 spiro atoms. The SMILES string of the molecule is CSc1cccc(NC(=O)Cn2ccc3ccccc3c2=O)c1. The normalized spacial score (nSPS) is 10.7. The molecule has 0 unspecified atom stereocenters. The highest BCUT2D eigenvalue weighted by atomic mass is 32.2. The van der Waals surface area contributed by atoms with Crippen molar-refractivity contribution in [2.45, 2.75) is 11.4 Å². The van der Waals surface area contributed by atoms with E-state index in [2.05, 4.69) is 5.32 Å². The molecule has 0 aliphatic heterocycles. The van der Waals surface area contributed by atoms with Crippen LogP contribution in [0.3, 0.4) is 0 Å². The number of aromatic nitrogens is 1. The Hall–Kier alpha value is -2.53. The molecule has 1 amide bonds. The largest absolute Gasteiger partial charge is 0.324 e. The summed E-state index contributed by atoms with van der Waals surface area (Å²) in [5.41, 5.74) is 0.576. The average molecular weight is 324 g/mol. The predicted octanol–water partition coefficient (Wildman–Crippen LogP) is 3.36. The summed E-state index contributed by atoms with van der Waals surface area (Å²) in [4.78, 5) is 25.7. The molecule has 0 radical (unpaired) electrons. The fourth-order valence-corrected chi connectivity index (χ4v) is 2.87. The number of benzene rings is 2. The van der Waals surface area contributed by atoms with Gasteiger partial charge in [-0.3, -0.25) is 9.59 Å². The first-order valence-corrected chi connectivity index (χ1v) is 8.42. The Morgan fingerprint density at radius 3 is 2.78 bits per heavy atom. The molecular weight excluding hydrogens is 308 g/mol. The van der Waals surface area contributed by atoms with Crippen LogP contribution in [0, 0.1) is 0 Å². The molecule has 116 valence electrons. The van der Waals surface area contributed by atoms with Crippen molar-refractivity contribution in [2.75, 3.05) is 11.6 Å². The summed E-state index contributed by atoms with van der Waals surface area (Å²) in [6, 6.07) is 16.8. The third-order valence-corrected chi connectivity index (χ3v) is 4.28. The number of thioether (sulfide) groups is 1. The van der Waals surface area contributed by atoms with Gasteiger partial charge in [0.05, 0.1) is 0 Å². The van der Waals surface area contributed by atoms with Crippen molar-refractivity contribution in [3.05, 3.63) is 71.1 Å². The van der Waals surface area contributed by atoms with Crippen molar-refractivity contribution in [1.82, 2.24) is 4.57 Å². The number of nitrogens with zero attached hydrogens (tertiary/aromatic N) is 1. The van der Waals surface area contributed by atoms with Crippen LogP contribution < -0.4 is 10.9 Å². The molecule has 0 saturated carbocycles. The number of hydrogen-bond donors (Lipinski definition) is 1. The third-order valence-electron chi connectivity index (χ3n) is 3.55. The number of fused-ring (bicyclic) bond motifs is 1. The van der Waals surface area contributed by atoms with Crippen molar-refractivity contribution in [2.24, 2.45) is 0 Å². The Bertz CT molecular complexity index is 918. The van der Waals surface area contributed by atoms with E-state index >= 15 is 0 Å². The van der Waals surface area contributed by atoms with Crippen molar-refractivity contribution in [3.63, 3.8) is 0 Å². The van der Waals surface area contributed by atoms with Crippen molar-refractivity contribution >= 4 is 34.1 Å².